The average molecular weight is 362 g/mol. The number of nitrogens with one attached hydrogen (secondary N) is 1. The predicted molar refractivity (Wildman–Crippen MR) is 99.0 cm³/mol. The number of hydrogen-bond acceptors (Lipinski definition) is 5. The van der Waals surface area contributed by atoms with E-state index in [0.29, 0.717) is 4.96 Å². The van der Waals surface area contributed by atoms with Gasteiger partial charge in [-0.25, -0.2) is 4.98 Å². The van der Waals surface area contributed by atoms with Gasteiger partial charge in [0.05, 0.1) is 7.05 Å². The molecule has 1 atom stereocenters. The van der Waals surface area contributed by atoms with E-state index >= 15 is 0 Å². The molecule has 2 heterocycles. The molecule has 1 aromatic carbocycles. The van der Waals surface area contributed by atoms with Crippen molar-refractivity contribution in [1.29, 1.82) is 0 Å². The maximum atomic E-state index is 12.2. The number of nitrogens with zero attached hydrogens (tertiary/aromatic N) is 3. The number of quaternary nitrogens is 1. The molecule has 0 aliphatic rings. The van der Waals surface area contributed by atoms with Crippen molar-refractivity contribution in [3.63, 3.8) is 0 Å². The molecule has 0 saturated heterocycles. The number of aromatic nitrogens is 3. The van der Waals surface area contributed by atoms with Crippen molar-refractivity contribution in [2.45, 2.75) is 31.3 Å². The summed E-state index contributed by atoms with van der Waals surface area (Å²) in [7, 11) is 2.12. The normalized spacial score (nSPS) is 12.6. The number of rotatable bonds is 6. The second kappa shape index (κ2) is 7.46. The summed E-state index contributed by atoms with van der Waals surface area (Å²) in [6.07, 6.45) is 2.90. The van der Waals surface area contributed by atoms with Crippen LogP contribution in [-0.2, 0) is 19.5 Å². The SMILES string of the molecule is CCc1nn2c(=O)cc(C[NH+](C)Cc3ccc(SC)cc3)nc2s1. The molecule has 0 aliphatic heterocycles. The lowest BCUT2D eigenvalue weighted by atomic mass is 10.2. The van der Waals surface area contributed by atoms with Gasteiger partial charge in [0, 0.05) is 16.5 Å². The summed E-state index contributed by atoms with van der Waals surface area (Å²) in [6, 6.07) is 10.2. The van der Waals surface area contributed by atoms with Gasteiger partial charge in [-0.1, -0.05) is 30.4 Å². The Hall–Kier alpha value is -1.70. The van der Waals surface area contributed by atoms with Crippen LogP contribution in [0.25, 0.3) is 4.96 Å². The van der Waals surface area contributed by atoms with Crippen LogP contribution in [0, 0.1) is 0 Å². The Kier molecular flexibility index (Phi) is 5.33. The molecule has 0 aliphatic carbocycles. The fourth-order valence-electron chi connectivity index (χ4n) is 2.59. The van der Waals surface area contributed by atoms with Gasteiger partial charge in [-0.05, 0) is 24.8 Å². The monoisotopic (exact) mass is 361 g/mol. The van der Waals surface area contributed by atoms with E-state index in [1.165, 1.54) is 31.2 Å². The molecule has 3 rings (SSSR count). The third-order valence-corrected chi connectivity index (χ3v) is 5.59. The van der Waals surface area contributed by atoms with Crippen LogP contribution in [0.3, 0.4) is 0 Å². The largest absolute Gasteiger partial charge is 0.329 e. The van der Waals surface area contributed by atoms with E-state index in [-0.39, 0.29) is 5.56 Å². The molecule has 2 aromatic heterocycles. The minimum Gasteiger partial charge on any atom is -0.329 e. The van der Waals surface area contributed by atoms with Crippen molar-refractivity contribution < 1.29 is 4.90 Å². The van der Waals surface area contributed by atoms with Gasteiger partial charge >= 0.3 is 0 Å². The second-order valence-corrected chi connectivity index (χ2v) is 7.71. The van der Waals surface area contributed by atoms with Gasteiger partial charge < -0.3 is 4.90 Å². The molecule has 0 spiro atoms. The highest BCUT2D eigenvalue weighted by Crippen LogP contribution is 2.14. The summed E-state index contributed by atoms with van der Waals surface area (Å²) in [5.74, 6) is 0. The molecule has 126 valence electrons. The summed E-state index contributed by atoms with van der Waals surface area (Å²) >= 11 is 3.24. The van der Waals surface area contributed by atoms with Crippen LogP contribution >= 0.6 is 23.1 Å². The Bertz CT molecular complexity index is 886. The highest BCUT2D eigenvalue weighted by Gasteiger charge is 2.12. The lowest BCUT2D eigenvalue weighted by Gasteiger charge is -2.13. The standard InChI is InChI=1S/C17H20N4OS2/c1-4-15-19-21-16(22)9-13(18-17(21)24-15)11-20(2)10-12-5-7-14(23-3)8-6-12/h5-9H,4,10-11H2,1-3H3/p+1. The summed E-state index contributed by atoms with van der Waals surface area (Å²) in [4.78, 5) is 20.1. The van der Waals surface area contributed by atoms with Crippen molar-refractivity contribution in [1.82, 2.24) is 14.6 Å². The van der Waals surface area contributed by atoms with Gasteiger partial charge in [-0.15, -0.1) is 11.8 Å². The van der Waals surface area contributed by atoms with Crippen LogP contribution in [-0.4, -0.2) is 27.9 Å². The predicted octanol–water partition coefficient (Wildman–Crippen LogP) is 1.65. The summed E-state index contributed by atoms with van der Waals surface area (Å²) in [5.41, 5.74) is 2.02. The molecule has 3 aromatic rings. The molecule has 0 radical (unpaired) electrons. The Morgan fingerprint density at radius 3 is 2.67 bits per heavy atom. The molecule has 1 N–H and O–H groups in total. The fraction of sp³-hybridized carbons (Fsp3) is 0.353. The number of aryl methyl sites for hydroxylation is 1. The zero-order valence-electron chi connectivity index (χ0n) is 14.1. The van der Waals surface area contributed by atoms with Gasteiger partial charge in [0.25, 0.3) is 5.56 Å². The molecule has 0 amide bonds. The summed E-state index contributed by atoms with van der Waals surface area (Å²) in [5, 5.41) is 5.22. The quantitative estimate of drug-likeness (QED) is 0.679. The maximum Gasteiger partial charge on any atom is 0.275 e. The second-order valence-electron chi connectivity index (χ2n) is 5.79. The molecule has 7 heteroatoms. The molecule has 0 fully saturated rings. The van der Waals surface area contributed by atoms with Gasteiger partial charge in [0.2, 0.25) is 4.96 Å². The Morgan fingerprint density at radius 1 is 1.25 bits per heavy atom. The zero-order valence-corrected chi connectivity index (χ0v) is 15.7. The van der Waals surface area contributed by atoms with Crippen LogP contribution in [0.2, 0.25) is 0 Å². The first-order valence-electron chi connectivity index (χ1n) is 7.92. The highest BCUT2D eigenvalue weighted by atomic mass is 32.2. The third-order valence-electron chi connectivity index (χ3n) is 3.79. The first-order chi connectivity index (χ1) is 11.6. The molecule has 0 bridgehead atoms. The van der Waals surface area contributed by atoms with E-state index in [4.69, 9.17) is 0 Å². The van der Waals surface area contributed by atoms with E-state index in [1.807, 2.05) is 6.92 Å². The first kappa shape index (κ1) is 17.1. The lowest BCUT2D eigenvalue weighted by Crippen LogP contribution is -3.06. The van der Waals surface area contributed by atoms with Gasteiger partial charge in [0.15, 0.2) is 0 Å². The Morgan fingerprint density at radius 2 is 2.00 bits per heavy atom. The van der Waals surface area contributed by atoms with E-state index in [1.54, 1.807) is 17.8 Å². The number of benzene rings is 1. The minimum atomic E-state index is -0.0944. The van der Waals surface area contributed by atoms with Gasteiger partial charge in [-0.2, -0.15) is 9.61 Å². The van der Waals surface area contributed by atoms with Gasteiger partial charge in [0.1, 0.15) is 23.8 Å². The molecule has 5 nitrogen and oxygen atoms in total. The maximum absolute atomic E-state index is 12.2. The first-order valence-corrected chi connectivity index (χ1v) is 9.96. The molecular formula is C17H21N4OS2+. The van der Waals surface area contributed by atoms with Gasteiger partial charge in [-0.3, -0.25) is 4.79 Å². The lowest BCUT2D eigenvalue weighted by molar-refractivity contribution is -0.908. The van der Waals surface area contributed by atoms with Crippen molar-refractivity contribution >= 4 is 28.1 Å². The molecule has 24 heavy (non-hydrogen) atoms. The smallest absolute Gasteiger partial charge is 0.275 e. The van der Waals surface area contributed by atoms with E-state index in [9.17, 15) is 4.79 Å². The molecular weight excluding hydrogens is 340 g/mol. The third kappa shape index (κ3) is 3.85. The van der Waals surface area contributed by atoms with Crippen molar-refractivity contribution in [3.8, 4) is 0 Å². The summed E-state index contributed by atoms with van der Waals surface area (Å²) < 4.78 is 1.41. The summed E-state index contributed by atoms with van der Waals surface area (Å²) in [6.45, 7) is 3.65. The number of fused-ring (bicyclic) bond motifs is 1. The minimum absolute atomic E-state index is 0.0944. The van der Waals surface area contributed by atoms with Crippen LogP contribution in [0.5, 0.6) is 0 Å². The van der Waals surface area contributed by atoms with Crippen molar-refractivity contribution in [2.75, 3.05) is 13.3 Å². The fourth-order valence-corrected chi connectivity index (χ4v) is 3.86. The topological polar surface area (TPSA) is 51.7 Å². The molecule has 0 saturated carbocycles. The van der Waals surface area contributed by atoms with Crippen molar-refractivity contribution in [3.05, 3.63) is 57.0 Å². The van der Waals surface area contributed by atoms with Crippen LogP contribution in [0.4, 0.5) is 0 Å². The van der Waals surface area contributed by atoms with E-state index in [0.717, 1.165) is 30.2 Å². The Labute approximate surface area is 149 Å². The molecule has 1 unspecified atom stereocenters. The van der Waals surface area contributed by atoms with Crippen LogP contribution < -0.4 is 10.5 Å². The zero-order chi connectivity index (χ0) is 17.1. The Balaban J connectivity index is 1.74. The number of thioether (sulfide) groups is 1. The van der Waals surface area contributed by atoms with E-state index in [2.05, 4.69) is 47.7 Å². The average Bonchev–Trinajstić information content (AvgIpc) is 2.99. The van der Waals surface area contributed by atoms with E-state index < -0.39 is 0 Å². The highest BCUT2D eigenvalue weighted by molar-refractivity contribution is 7.98. The van der Waals surface area contributed by atoms with Crippen LogP contribution in [0.1, 0.15) is 23.2 Å². The van der Waals surface area contributed by atoms with Crippen LogP contribution in [0.15, 0.2) is 40.0 Å². The number of hydrogen-bond donors (Lipinski definition) is 1. The van der Waals surface area contributed by atoms with Crippen molar-refractivity contribution in [2.24, 2.45) is 0 Å².